The second kappa shape index (κ2) is 6.45. The molecule has 0 radical (unpaired) electrons. The molecule has 2 unspecified atom stereocenters. The van der Waals surface area contributed by atoms with Crippen LogP contribution in [0.3, 0.4) is 0 Å². The Hall–Kier alpha value is -0.710. The van der Waals surface area contributed by atoms with E-state index >= 15 is 0 Å². The van der Waals surface area contributed by atoms with E-state index in [4.69, 9.17) is 5.11 Å². The predicted octanol–water partition coefficient (Wildman–Crippen LogP) is 1.84. The summed E-state index contributed by atoms with van der Waals surface area (Å²) in [5.74, 6) is 2.24. The molecule has 0 spiro atoms. The molecule has 0 aromatic carbocycles. The first-order chi connectivity index (χ1) is 8.66. The first-order valence-electron chi connectivity index (χ1n) is 6.75. The van der Waals surface area contributed by atoms with E-state index < -0.39 is 5.97 Å². The highest BCUT2D eigenvalue weighted by atomic mass is 32.2. The Morgan fingerprint density at radius 2 is 2.17 bits per heavy atom. The van der Waals surface area contributed by atoms with Crippen molar-refractivity contribution in [2.24, 2.45) is 11.8 Å². The van der Waals surface area contributed by atoms with Crippen LogP contribution < -0.4 is 0 Å². The molecule has 2 rings (SSSR count). The quantitative estimate of drug-likeness (QED) is 0.847. The number of amides is 1. The van der Waals surface area contributed by atoms with Gasteiger partial charge in [-0.05, 0) is 37.4 Å². The summed E-state index contributed by atoms with van der Waals surface area (Å²) < 4.78 is 0. The number of hydrogen-bond acceptors (Lipinski definition) is 3. The lowest BCUT2D eigenvalue weighted by Crippen LogP contribution is -2.43. The Kier molecular flexibility index (Phi) is 4.92. The molecule has 2 atom stereocenters. The van der Waals surface area contributed by atoms with Crippen molar-refractivity contribution in [3.05, 3.63) is 0 Å². The van der Waals surface area contributed by atoms with Crippen LogP contribution in [-0.4, -0.2) is 46.5 Å². The molecule has 1 N–H and O–H groups in total. The van der Waals surface area contributed by atoms with Crippen LogP contribution >= 0.6 is 11.8 Å². The van der Waals surface area contributed by atoms with Gasteiger partial charge >= 0.3 is 5.97 Å². The molecule has 0 aromatic rings. The van der Waals surface area contributed by atoms with Gasteiger partial charge in [0.15, 0.2) is 0 Å². The fraction of sp³-hybridized carbons (Fsp3) is 0.846. The Labute approximate surface area is 112 Å². The average molecular weight is 271 g/mol. The molecule has 0 aromatic heterocycles. The second-order valence-electron chi connectivity index (χ2n) is 5.29. The van der Waals surface area contributed by atoms with Gasteiger partial charge < -0.3 is 10.0 Å². The summed E-state index contributed by atoms with van der Waals surface area (Å²) in [6, 6.07) is 0. The maximum absolute atomic E-state index is 12.3. The number of likely N-dealkylation sites (tertiary alicyclic amines) is 1. The third-order valence-electron chi connectivity index (χ3n) is 3.88. The topological polar surface area (TPSA) is 57.6 Å². The van der Waals surface area contributed by atoms with E-state index in [2.05, 4.69) is 0 Å². The third kappa shape index (κ3) is 3.64. The highest BCUT2D eigenvalue weighted by Gasteiger charge is 2.30. The summed E-state index contributed by atoms with van der Waals surface area (Å²) in [7, 11) is 0. The molecule has 0 saturated carbocycles. The first kappa shape index (κ1) is 13.7. The van der Waals surface area contributed by atoms with Crippen LogP contribution in [0.15, 0.2) is 0 Å². The normalized spacial score (nSPS) is 28.3. The van der Waals surface area contributed by atoms with Crippen LogP contribution in [-0.2, 0) is 9.59 Å². The zero-order valence-electron chi connectivity index (χ0n) is 10.6. The minimum atomic E-state index is -0.731. The van der Waals surface area contributed by atoms with Crippen LogP contribution in [0.4, 0.5) is 0 Å². The zero-order valence-corrected chi connectivity index (χ0v) is 11.5. The smallest absolute Gasteiger partial charge is 0.303 e. The zero-order chi connectivity index (χ0) is 13.0. The number of thioether (sulfide) groups is 1. The van der Waals surface area contributed by atoms with Crippen LogP contribution in [0.25, 0.3) is 0 Å². The van der Waals surface area contributed by atoms with E-state index in [0.717, 1.165) is 43.9 Å². The number of rotatable bonds is 4. The van der Waals surface area contributed by atoms with Crippen molar-refractivity contribution in [1.82, 2.24) is 4.90 Å². The molecule has 18 heavy (non-hydrogen) atoms. The molecule has 5 heteroatoms. The highest BCUT2D eigenvalue weighted by Crippen LogP contribution is 2.28. The fourth-order valence-corrected chi connectivity index (χ4v) is 4.03. The monoisotopic (exact) mass is 271 g/mol. The Morgan fingerprint density at radius 1 is 1.33 bits per heavy atom. The molecule has 1 amide bonds. The summed E-state index contributed by atoms with van der Waals surface area (Å²) in [5.41, 5.74) is 0. The van der Waals surface area contributed by atoms with Gasteiger partial charge in [0.1, 0.15) is 0 Å². The minimum absolute atomic E-state index is 0.216. The van der Waals surface area contributed by atoms with E-state index in [1.54, 1.807) is 0 Å². The molecule has 2 heterocycles. The Bertz CT molecular complexity index is 315. The summed E-state index contributed by atoms with van der Waals surface area (Å²) in [4.78, 5) is 24.8. The first-order valence-corrected chi connectivity index (χ1v) is 7.90. The number of aliphatic carboxylic acids is 1. The largest absolute Gasteiger partial charge is 0.481 e. The van der Waals surface area contributed by atoms with Crippen molar-refractivity contribution in [1.29, 1.82) is 0 Å². The van der Waals surface area contributed by atoms with E-state index in [9.17, 15) is 9.59 Å². The molecule has 2 fully saturated rings. The molecular formula is C13H21NO3S. The number of carboxylic acids is 1. The standard InChI is InChI=1S/C13H21NO3S/c15-12(16)4-3-10-2-1-6-14(8-10)13(17)11-5-7-18-9-11/h10-11H,1-9H2,(H,15,16). The molecule has 2 aliphatic rings. The van der Waals surface area contributed by atoms with Crippen LogP contribution in [0.1, 0.15) is 32.1 Å². The number of carbonyl (C=O) groups excluding carboxylic acids is 1. The maximum atomic E-state index is 12.3. The van der Waals surface area contributed by atoms with Crippen LogP contribution in [0, 0.1) is 11.8 Å². The predicted molar refractivity (Wildman–Crippen MR) is 71.6 cm³/mol. The molecule has 2 saturated heterocycles. The summed E-state index contributed by atoms with van der Waals surface area (Å²) in [6.45, 7) is 1.64. The lowest BCUT2D eigenvalue weighted by molar-refractivity contribution is -0.137. The van der Waals surface area contributed by atoms with E-state index in [-0.39, 0.29) is 12.3 Å². The fourth-order valence-electron chi connectivity index (χ4n) is 2.82. The van der Waals surface area contributed by atoms with Crippen LogP contribution in [0.2, 0.25) is 0 Å². The third-order valence-corrected chi connectivity index (χ3v) is 5.04. The van der Waals surface area contributed by atoms with Gasteiger partial charge in [-0.15, -0.1) is 0 Å². The van der Waals surface area contributed by atoms with Gasteiger partial charge in [-0.2, -0.15) is 11.8 Å². The van der Waals surface area contributed by atoms with Crippen molar-refractivity contribution in [3.63, 3.8) is 0 Å². The van der Waals surface area contributed by atoms with Gasteiger partial charge in [-0.25, -0.2) is 0 Å². The van der Waals surface area contributed by atoms with Gasteiger partial charge in [0.05, 0.1) is 0 Å². The Morgan fingerprint density at radius 3 is 2.83 bits per heavy atom. The van der Waals surface area contributed by atoms with E-state index in [1.807, 2.05) is 16.7 Å². The lowest BCUT2D eigenvalue weighted by atomic mass is 9.92. The maximum Gasteiger partial charge on any atom is 0.303 e. The van der Waals surface area contributed by atoms with Gasteiger partial charge in [-0.1, -0.05) is 0 Å². The lowest BCUT2D eigenvalue weighted by Gasteiger charge is -2.34. The van der Waals surface area contributed by atoms with Gasteiger partial charge in [0, 0.05) is 31.2 Å². The van der Waals surface area contributed by atoms with Crippen molar-refractivity contribution in [3.8, 4) is 0 Å². The van der Waals surface area contributed by atoms with Crippen molar-refractivity contribution >= 4 is 23.6 Å². The SMILES string of the molecule is O=C(O)CCC1CCCN(C(=O)C2CCSC2)C1. The van der Waals surface area contributed by atoms with Gasteiger partial charge in [0.2, 0.25) is 5.91 Å². The van der Waals surface area contributed by atoms with Crippen molar-refractivity contribution in [2.45, 2.75) is 32.1 Å². The van der Waals surface area contributed by atoms with Crippen LogP contribution in [0.5, 0.6) is 0 Å². The number of nitrogens with zero attached hydrogens (tertiary/aromatic N) is 1. The number of hydrogen-bond donors (Lipinski definition) is 1. The van der Waals surface area contributed by atoms with E-state index in [1.165, 1.54) is 0 Å². The van der Waals surface area contributed by atoms with E-state index in [0.29, 0.717) is 18.2 Å². The number of carboxylic acid groups (broad SMARTS) is 1. The molecule has 2 aliphatic heterocycles. The second-order valence-corrected chi connectivity index (χ2v) is 6.44. The molecule has 4 nitrogen and oxygen atoms in total. The van der Waals surface area contributed by atoms with Crippen molar-refractivity contribution in [2.75, 3.05) is 24.6 Å². The molecule has 0 aliphatic carbocycles. The summed E-state index contributed by atoms with van der Waals surface area (Å²) in [6.07, 6.45) is 4.04. The average Bonchev–Trinajstić information content (AvgIpc) is 2.89. The van der Waals surface area contributed by atoms with Gasteiger partial charge in [-0.3, -0.25) is 9.59 Å². The van der Waals surface area contributed by atoms with Gasteiger partial charge in [0.25, 0.3) is 0 Å². The summed E-state index contributed by atoms with van der Waals surface area (Å²) in [5, 5.41) is 8.71. The highest BCUT2D eigenvalue weighted by molar-refractivity contribution is 7.99. The molecule has 102 valence electrons. The van der Waals surface area contributed by atoms with Crippen molar-refractivity contribution < 1.29 is 14.7 Å². The molecule has 0 bridgehead atoms. The molecular weight excluding hydrogens is 250 g/mol. The minimum Gasteiger partial charge on any atom is -0.481 e. The number of carbonyl (C=O) groups is 2. The number of piperidine rings is 1. The summed E-state index contributed by atoms with van der Waals surface area (Å²) >= 11 is 1.86. The Balaban J connectivity index is 1.81.